The number of primary amides is 1. The van der Waals surface area contributed by atoms with Crippen LogP contribution in [-0.2, 0) is 28.7 Å². The number of hydrogen-bond acceptors (Lipinski definition) is 7. The van der Waals surface area contributed by atoms with E-state index in [4.69, 9.17) is 15.2 Å². The maximum atomic E-state index is 13.5. The number of cyclic esters (lactones) is 1. The molecular formula is C28H48N4O7. The molecular weight excluding hydrogens is 504 g/mol. The van der Waals surface area contributed by atoms with Crippen molar-refractivity contribution in [1.82, 2.24) is 16.0 Å². The minimum absolute atomic E-state index is 0.0398. The number of esters is 1. The van der Waals surface area contributed by atoms with Crippen LogP contribution in [-0.4, -0.2) is 59.6 Å². The van der Waals surface area contributed by atoms with E-state index in [2.05, 4.69) is 16.0 Å². The zero-order valence-electron chi connectivity index (χ0n) is 24.3. The summed E-state index contributed by atoms with van der Waals surface area (Å²) in [6, 6.07) is -2.70. The normalized spacial score (nSPS) is 22.4. The summed E-state index contributed by atoms with van der Waals surface area (Å²) >= 11 is 0. The van der Waals surface area contributed by atoms with Gasteiger partial charge in [0, 0.05) is 0 Å². The number of nitrogens with one attached hydrogen (secondary N) is 3. The first-order valence-corrected chi connectivity index (χ1v) is 14.2. The second-order valence-electron chi connectivity index (χ2n) is 12.5. The summed E-state index contributed by atoms with van der Waals surface area (Å²) < 4.78 is 10.9. The number of carbonyl (C=O) groups excluding carboxylic acids is 5. The lowest BCUT2D eigenvalue weighted by molar-refractivity contribution is -0.146. The van der Waals surface area contributed by atoms with Gasteiger partial charge in [0.25, 0.3) is 0 Å². The Kier molecular flexibility index (Phi) is 12.0. The molecule has 11 heteroatoms. The van der Waals surface area contributed by atoms with Crippen molar-refractivity contribution < 1.29 is 33.4 Å². The number of hydrogen-bond donors (Lipinski definition) is 4. The smallest absolute Gasteiger partial charge is 0.408 e. The monoisotopic (exact) mass is 552 g/mol. The highest BCUT2D eigenvalue weighted by Gasteiger charge is 2.39. The largest absolute Gasteiger partial charge is 0.460 e. The van der Waals surface area contributed by atoms with Crippen molar-refractivity contribution >= 4 is 29.8 Å². The second kappa shape index (κ2) is 14.5. The molecule has 5 N–H and O–H groups in total. The molecule has 1 aliphatic heterocycles. The van der Waals surface area contributed by atoms with Crippen molar-refractivity contribution in [3.05, 3.63) is 0 Å². The van der Waals surface area contributed by atoms with Gasteiger partial charge in [-0.3, -0.25) is 19.2 Å². The fourth-order valence-electron chi connectivity index (χ4n) is 5.21. The van der Waals surface area contributed by atoms with E-state index < -0.39 is 60.1 Å². The van der Waals surface area contributed by atoms with Gasteiger partial charge in [0.1, 0.15) is 23.8 Å². The number of alkyl carbamates (subject to hydrolysis) is 1. The SMILES string of the molecule is CC(C)C[C@H](NC(=O)OC(C)(C)C)C(=O)N[C@@H](CC(N)=O)C(=O)N[C@@H](CC1CCCCC1)[C@@H]1C[C@@H](C)C(=O)O1. The molecule has 39 heavy (non-hydrogen) atoms. The summed E-state index contributed by atoms with van der Waals surface area (Å²) in [5.41, 5.74) is 4.67. The van der Waals surface area contributed by atoms with Gasteiger partial charge in [-0.15, -0.1) is 0 Å². The lowest BCUT2D eigenvalue weighted by Gasteiger charge is -2.31. The van der Waals surface area contributed by atoms with Crippen LogP contribution in [0.2, 0.25) is 0 Å². The fourth-order valence-corrected chi connectivity index (χ4v) is 5.21. The number of ether oxygens (including phenoxy) is 2. The molecule has 0 aromatic rings. The topological polar surface area (TPSA) is 166 Å². The van der Waals surface area contributed by atoms with Gasteiger partial charge in [0.2, 0.25) is 17.7 Å². The minimum Gasteiger partial charge on any atom is -0.460 e. The van der Waals surface area contributed by atoms with Crippen LogP contribution in [0, 0.1) is 17.8 Å². The highest BCUT2D eigenvalue weighted by molar-refractivity contribution is 5.94. The van der Waals surface area contributed by atoms with E-state index >= 15 is 0 Å². The van der Waals surface area contributed by atoms with E-state index in [-0.39, 0.29) is 24.2 Å². The summed E-state index contributed by atoms with van der Waals surface area (Å²) in [4.78, 5) is 63.1. The van der Waals surface area contributed by atoms with Gasteiger partial charge in [-0.1, -0.05) is 52.9 Å². The van der Waals surface area contributed by atoms with Crippen LogP contribution < -0.4 is 21.7 Å². The van der Waals surface area contributed by atoms with Crippen molar-refractivity contribution in [1.29, 1.82) is 0 Å². The third kappa shape index (κ3) is 11.4. The molecule has 1 heterocycles. The van der Waals surface area contributed by atoms with Crippen LogP contribution in [0.15, 0.2) is 0 Å². The van der Waals surface area contributed by atoms with Crippen molar-refractivity contribution in [3.8, 4) is 0 Å². The Hall–Kier alpha value is -2.85. The van der Waals surface area contributed by atoms with Gasteiger partial charge in [0.05, 0.1) is 18.4 Å². The van der Waals surface area contributed by atoms with Crippen molar-refractivity contribution in [3.63, 3.8) is 0 Å². The molecule has 5 atom stereocenters. The van der Waals surface area contributed by atoms with Crippen LogP contribution in [0.5, 0.6) is 0 Å². The average Bonchev–Trinajstić information content (AvgIpc) is 3.14. The van der Waals surface area contributed by atoms with Gasteiger partial charge >= 0.3 is 12.1 Å². The standard InChI is InChI=1S/C28H48N4O7/c1-16(2)12-20(32-27(37)39-28(4,5)6)24(34)31-21(15-23(29)33)25(35)30-19(14-18-10-8-7-9-11-18)22-13-17(3)26(36)38-22/h16-22H,7-15H2,1-6H3,(H2,29,33)(H,30,35)(H,31,34)(H,32,37)/t17-,19+,20+,21+,22+/m1/s1. The summed E-state index contributed by atoms with van der Waals surface area (Å²) in [7, 11) is 0. The Bertz CT molecular complexity index is 880. The van der Waals surface area contributed by atoms with E-state index in [9.17, 15) is 24.0 Å². The molecule has 11 nitrogen and oxygen atoms in total. The number of amides is 4. The molecule has 0 unspecified atom stereocenters. The van der Waals surface area contributed by atoms with E-state index in [1.807, 2.05) is 13.8 Å². The zero-order chi connectivity index (χ0) is 29.3. The van der Waals surface area contributed by atoms with Crippen LogP contribution in [0.4, 0.5) is 4.79 Å². The van der Waals surface area contributed by atoms with Crippen LogP contribution in [0.1, 0.15) is 99.3 Å². The van der Waals surface area contributed by atoms with E-state index in [0.29, 0.717) is 18.8 Å². The molecule has 2 aliphatic rings. The first kappa shape index (κ1) is 32.4. The molecule has 0 spiro atoms. The molecule has 0 bridgehead atoms. The molecule has 1 aliphatic carbocycles. The van der Waals surface area contributed by atoms with E-state index in [1.165, 1.54) is 6.42 Å². The lowest BCUT2D eigenvalue weighted by atomic mass is 9.83. The molecule has 4 amide bonds. The quantitative estimate of drug-likeness (QED) is 0.270. The van der Waals surface area contributed by atoms with Gasteiger partial charge < -0.3 is 31.2 Å². The lowest BCUT2D eigenvalue weighted by Crippen LogP contribution is -2.57. The highest BCUT2D eigenvalue weighted by atomic mass is 16.6. The van der Waals surface area contributed by atoms with Crippen molar-refractivity contribution in [2.24, 2.45) is 23.5 Å². The summed E-state index contributed by atoms with van der Waals surface area (Å²) in [5, 5.41) is 8.14. The van der Waals surface area contributed by atoms with Gasteiger partial charge in [-0.25, -0.2) is 4.79 Å². The Morgan fingerprint density at radius 1 is 1.00 bits per heavy atom. The predicted octanol–water partition coefficient (Wildman–Crippen LogP) is 2.69. The highest BCUT2D eigenvalue weighted by Crippen LogP contribution is 2.31. The summed E-state index contributed by atoms with van der Waals surface area (Å²) in [5.74, 6) is -2.11. The average molecular weight is 553 g/mol. The number of nitrogens with two attached hydrogens (primary N) is 1. The Balaban J connectivity index is 2.17. The van der Waals surface area contributed by atoms with Crippen LogP contribution in [0.3, 0.4) is 0 Å². The third-order valence-electron chi connectivity index (χ3n) is 7.10. The van der Waals surface area contributed by atoms with Gasteiger partial charge in [-0.2, -0.15) is 0 Å². The van der Waals surface area contributed by atoms with Crippen LogP contribution in [0.25, 0.3) is 0 Å². The second-order valence-corrected chi connectivity index (χ2v) is 12.5. The van der Waals surface area contributed by atoms with Gasteiger partial charge in [-0.05, 0) is 51.9 Å². The molecule has 0 radical (unpaired) electrons. The molecule has 1 saturated carbocycles. The molecule has 222 valence electrons. The zero-order valence-corrected chi connectivity index (χ0v) is 24.3. The molecule has 2 rings (SSSR count). The Labute approximate surface area is 232 Å². The fraction of sp³-hybridized carbons (Fsp3) is 0.821. The predicted molar refractivity (Wildman–Crippen MR) is 145 cm³/mol. The summed E-state index contributed by atoms with van der Waals surface area (Å²) in [6.07, 6.45) is 5.26. The van der Waals surface area contributed by atoms with Crippen molar-refractivity contribution in [2.45, 2.75) is 129 Å². The Morgan fingerprint density at radius 3 is 2.13 bits per heavy atom. The number of rotatable bonds is 12. The van der Waals surface area contributed by atoms with Gasteiger partial charge in [0.15, 0.2) is 0 Å². The molecule has 1 saturated heterocycles. The summed E-state index contributed by atoms with van der Waals surface area (Å²) in [6.45, 7) is 10.7. The maximum Gasteiger partial charge on any atom is 0.408 e. The maximum absolute atomic E-state index is 13.5. The first-order chi connectivity index (χ1) is 18.1. The van der Waals surface area contributed by atoms with E-state index in [1.54, 1.807) is 27.7 Å². The first-order valence-electron chi connectivity index (χ1n) is 14.2. The Morgan fingerprint density at radius 2 is 1.62 bits per heavy atom. The minimum atomic E-state index is -1.26. The van der Waals surface area contributed by atoms with E-state index in [0.717, 1.165) is 25.7 Å². The third-order valence-corrected chi connectivity index (χ3v) is 7.10. The van der Waals surface area contributed by atoms with Crippen LogP contribution >= 0.6 is 0 Å². The molecule has 2 fully saturated rings. The molecule has 0 aromatic carbocycles. The van der Waals surface area contributed by atoms with Crippen molar-refractivity contribution in [2.75, 3.05) is 0 Å². The molecule has 0 aromatic heterocycles. The number of carbonyl (C=O) groups is 5.